The number of nitrogens with zero attached hydrogens (tertiary/aromatic N) is 3. The fourth-order valence-corrected chi connectivity index (χ4v) is 2.64. The second kappa shape index (κ2) is 5.36. The van der Waals surface area contributed by atoms with Gasteiger partial charge in [-0.05, 0) is 30.9 Å². The third kappa shape index (κ3) is 2.52. The van der Waals surface area contributed by atoms with Gasteiger partial charge in [-0.3, -0.25) is 9.48 Å². The van der Waals surface area contributed by atoms with Crippen molar-refractivity contribution in [3.63, 3.8) is 0 Å². The van der Waals surface area contributed by atoms with Crippen LogP contribution >= 0.6 is 0 Å². The summed E-state index contributed by atoms with van der Waals surface area (Å²) in [5.41, 5.74) is 8.49. The molecule has 0 radical (unpaired) electrons. The van der Waals surface area contributed by atoms with Gasteiger partial charge in [-0.2, -0.15) is 5.10 Å². The van der Waals surface area contributed by atoms with E-state index in [0.29, 0.717) is 5.69 Å². The molecule has 0 spiro atoms. The van der Waals surface area contributed by atoms with Gasteiger partial charge in [-0.15, -0.1) is 0 Å². The molecule has 0 bridgehead atoms. The molecule has 104 valence electrons. The number of anilines is 2. The van der Waals surface area contributed by atoms with E-state index in [1.807, 2.05) is 23.1 Å². The van der Waals surface area contributed by atoms with Crippen molar-refractivity contribution in [2.24, 2.45) is 0 Å². The highest BCUT2D eigenvalue weighted by atomic mass is 16.2. The van der Waals surface area contributed by atoms with Gasteiger partial charge in [-0.1, -0.05) is 18.2 Å². The van der Waals surface area contributed by atoms with Crippen molar-refractivity contribution in [1.29, 1.82) is 0 Å². The van der Waals surface area contributed by atoms with Crippen LogP contribution in [0.2, 0.25) is 0 Å². The lowest BCUT2D eigenvalue weighted by Crippen LogP contribution is -2.34. The van der Waals surface area contributed by atoms with Crippen molar-refractivity contribution in [3.05, 3.63) is 42.2 Å². The first-order chi connectivity index (χ1) is 9.74. The summed E-state index contributed by atoms with van der Waals surface area (Å²) in [5.74, 6) is 0.0578. The molecule has 5 nitrogen and oxygen atoms in total. The normalized spacial score (nSPS) is 14.7. The Morgan fingerprint density at radius 1 is 1.30 bits per heavy atom. The van der Waals surface area contributed by atoms with Crippen molar-refractivity contribution < 1.29 is 4.79 Å². The topological polar surface area (TPSA) is 64.1 Å². The maximum Gasteiger partial charge on any atom is 0.248 e. The molecule has 0 fully saturated rings. The van der Waals surface area contributed by atoms with E-state index in [1.165, 1.54) is 5.56 Å². The van der Waals surface area contributed by atoms with Crippen LogP contribution in [0.25, 0.3) is 0 Å². The summed E-state index contributed by atoms with van der Waals surface area (Å²) in [6.45, 7) is 0.998. The molecule has 20 heavy (non-hydrogen) atoms. The van der Waals surface area contributed by atoms with E-state index in [2.05, 4.69) is 11.2 Å². The summed E-state index contributed by atoms with van der Waals surface area (Å²) in [5, 5.41) is 4.07. The minimum absolute atomic E-state index is 0.0578. The quantitative estimate of drug-likeness (QED) is 0.905. The lowest BCUT2D eigenvalue weighted by atomic mass is 10.1. The fraction of sp³-hybridized carbons (Fsp3) is 0.333. The second-order valence-electron chi connectivity index (χ2n) is 5.10. The van der Waals surface area contributed by atoms with Gasteiger partial charge >= 0.3 is 0 Å². The van der Waals surface area contributed by atoms with Crippen LogP contribution in [0.1, 0.15) is 18.4 Å². The average molecular weight is 270 g/mol. The van der Waals surface area contributed by atoms with E-state index in [4.69, 9.17) is 5.73 Å². The van der Waals surface area contributed by atoms with Crippen molar-refractivity contribution in [2.75, 3.05) is 17.2 Å². The molecule has 2 aromatic rings. The highest BCUT2D eigenvalue weighted by molar-refractivity contribution is 5.94. The SMILES string of the molecule is Nc1cnn(CC(=O)N2CCCCc3ccccc32)c1. The summed E-state index contributed by atoms with van der Waals surface area (Å²) in [6.07, 6.45) is 6.43. The van der Waals surface area contributed by atoms with Crippen LogP contribution in [0.5, 0.6) is 0 Å². The summed E-state index contributed by atoms with van der Waals surface area (Å²) >= 11 is 0. The van der Waals surface area contributed by atoms with Gasteiger partial charge in [0.25, 0.3) is 0 Å². The highest BCUT2D eigenvalue weighted by Gasteiger charge is 2.21. The van der Waals surface area contributed by atoms with Crippen LogP contribution in [-0.2, 0) is 17.8 Å². The van der Waals surface area contributed by atoms with Gasteiger partial charge < -0.3 is 10.6 Å². The average Bonchev–Trinajstić information content (AvgIpc) is 2.74. The smallest absolute Gasteiger partial charge is 0.248 e. The van der Waals surface area contributed by atoms with Crippen LogP contribution in [0.15, 0.2) is 36.7 Å². The molecule has 0 unspecified atom stereocenters. The van der Waals surface area contributed by atoms with Crippen LogP contribution < -0.4 is 10.6 Å². The summed E-state index contributed by atoms with van der Waals surface area (Å²) in [7, 11) is 0. The monoisotopic (exact) mass is 270 g/mol. The molecule has 0 atom stereocenters. The maximum absolute atomic E-state index is 12.5. The van der Waals surface area contributed by atoms with Crippen molar-refractivity contribution in [1.82, 2.24) is 9.78 Å². The molecule has 5 heteroatoms. The summed E-state index contributed by atoms with van der Waals surface area (Å²) in [6, 6.07) is 8.14. The molecule has 2 N–H and O–H groups in total. The number of carbonyl (C=O) groups is 1. The molecular formula is C15H18N4O. The van der Waals surface area contributed by atoms with Gasteiger partial charge in [0.05, 0.1) is 11.9 Å². The molecule has 1 aromatic heterocycles. The Morgan fingerprint density at radius 3 is 2.95 bits per heavy atom. The number of nitrogen functional groups attached to an aromatic ring is 1. The zero-order valence-electron chi connectivity index (χ0n) is 11.3. The van der Waals surface area contributed by atoms with Gasteiger partial charge in [0.2, 0.25) is 5.91 Å². The fourth-order valence-electron chi connectivity index (χ4n) is 2.64. The minimum Gasteiger partial charge on any atom is -0.396 e. The number of hydrogen-bond acceptors (Lipinski definition) is 3. The molecule has 1 aromatic carbocycles. The van der Waals surface area contributed by atoms with Gasteiger partial charge in [0.15, 0.2) is 0 Å². The van der Waals surface area contributed by atoms with E-state index in [0.717, 1.165) is 31.5 Å². The number of carbonyl (C=O) groups excluding carboxylic acids is 1. The molecule has 0 aliphatic carbocycles. The predicted molar refractivity (Wildman–Crippen MR) is 78.4 cm³/mol. The Morgan fingerprint density at radius 2 is 2.15 bits per heavy atom. The first-order valence-electron chi connectivity index (χ1n) is 6.90. The molecule has 1 amide bonds. The number of para-hydroxylation sites is 1. The zero-order valence-corrected chi connectivity index (χ0v) is 11.3. The molecule has 2 heterocycles. The van der Waals surface area contributed by atoms with Crippen LogP contribution in [0.3, 0.4) is 0 Å². The van der Waals surface area contributed by atoms with Gasteiger partial charge in [0, 0.05) is 18.4 Å². The number of nitrogens with two attached hydrogens (primary N) is 1. The number of aryl methyl sites for hydroxylation is 1. The number of fused-ring (bicyclic) bond motifs is 1. The molecule has 3 rings (SSSR count). The maximum atomic E-state index is 12.5. The molecule has 1 aliphatic rings. The van der Waals surface area contributed by atoms with Crippen LogP contribution in [0.4, 0.5) is 11.4 Å². The lowest BCUT2D eigenvalue weighted by Gasteiger charge is -2.22. The first kappa shape index (κ1) is 12.7. The third-order valence-corrected chi connectivity index (χ3v) is 3.61. The Balaban J connectivity index is 1.83. The number of rotatable bonds is 2. The largest absolute Gasteiger partial charge is 0.396 e. The number of benzene rings is 1. The zero-order chi connectivity index (χ0) is 13.9. The first-order valence-corrected chi connectivity index (χ1v) is 6.90. The van der Waals surface area contributed by atoms with E-state index in [1.54, 1.807) is 17.1 Å². The van der Waals surface area contributed by atoms with E-state index >= 15 is 0 Å². The number of hydrogen-bond donors (Lipinski definition) is 1. The molecule has 0 saturated carbocycles. The van der Waals surface area contributed by atoms with Crippen LogP contribution in [-0.4, -0.2) is 22.2 Å². The Bertz CT molecular complexity index is 620. The highest BCUT2D eigenvalue weighted by Crippen LogP contribution is 2.26. The standard InChI is InChI=1S/C15H18N4O/c16-13-9-17-18(10-13)11-15(20)19-8-4-3-6-12-5-1-2-7-14(12)19/h1-2,5,7,9-10H,3-4,6,8,11,16H2. The Hall–Kier alpha value is -2.30. The van der Waals surface area contributed by atoms with Crippen LogP contribution in [0, 0.1) is 0 Å². The number of aromatic nitrogens is 2. The molecule has 0 saturated heterocycles. The summed E-state index contributed by atoms with van der Waals surface area (Å²) < 4.78 is 1.59. The molecular weight excluding hydrogens is 252 g/mol. The third-order valence-electron chi connectivity index (χ3n) is 3.61. The predicted octanol–water partition coefficient (Wildman–Crippen LogP) is 1.83. The van der Waals surface area contributed by atoms with E-state index in [-0.39, 0.29) is 12.5 Å². The Kier molecular flexibility index (Phi) is 3.41. The lowest BCUT2D eigenvalue weighted by molar-refractivity contribution is -0.119. The molecule has 1 aliphatic heterocycles. The van der Waals surface area contributed by atoms with Crippen molar-refractivity contribution in [3.8, 4) is 0 Å². The van der Waals surface area contributed by atoms with Gasteiger partial charge in [0.1, 0.15) is 6.54 Å². The summed E-state index contributed by atoms with van der Waals surface area (Å²) in [4.78, 5) is 14.4. The second-order valence-corrected chi connectivity index (χ2v) is 5.10. The Labute approximate surface area is 118 Å². The van der Waals surface area contributed by atoms with Gasteiger partial charge in [-0.25, -0.2) is 0 Å². The van der Waals surface area contributed by atoms with E-state index in [9.17, 15) is 4.79 Å². The van der Waals surface area contributed by atoms with Crippen molar-refractivity contribution in [2.45, 2.75) is 25.8 Å². The van der Waals surface area contributed by atoms with E-state index < -0.39 is 0 Å². The number of amides is 1. The minimum atomic E-state index is 0.0578. The van der Waals surface area contributed by atoms with Crippen molar-refractivity contribution >= 4 is 17.3 Å².